The first kappa shape index (κ1) is 12.4. The number of rotatable bonds is 3. The molecule has 2 atom stereocenters. The summed E-state index contributed by atoms with van der Waals surface area (Å²) in [4.78, 5) is 22.6. The third-order valence-electron chi connectivity index (χ3n) is 3.12. The Labute approximate surface area is 105 Å². The van der Waals surface area contributed by atoms with Crippen molar-refractivity contribution in [2.45, 2.75) is 19.4 Å². The van der Waals surface area contributed by atoms with E-state index in [4.69, 9.17) is 5.11 Å². The molecule has 2 rings (SSSR count). The van der Waals surface area contributed by atoms with Crippen LogP contribution in [0.5, 0.6) is 0 Å². The molecule has 0 aliphatic carbocycles. The van der Waals surface area contributed by atoms with Gasteiger partial charge in [0.05, 0.1) is 5.92 Å². The van der Waals surface area contributed by atoms with Crippen LogP contribution in [0.1, 0.15) is 12.5 Å². The van der Waals surface area contributed by atoms with Crippen LogP contribution in [-0.4, -0.2) is 29.6 Å². The predicted octanol–water partition coefficient (Wildman–Crippen LogP) is 0.860. The van der Waals surface area contributed by atoms with Crippen molar-refractivity contribution in [3.05, 3.63) is 29.8 Å². The van der Waals surface area contributed by atoms with Gasteiger partial charge in [0.25, 0.3) is 0 Å². The van der Waals surface area contributed by atoms with E-state index in [0.717, 1.165) is 11.3 Å². The molecule has 1 amide bonds. The lowest BCUT2D eigenvalue weighted by molar-refractivity contribution is -0.141. The molecule has 1 unspecified atom stereocenters. The van der Waals surface area contributed by atoms with Crippen molar-refractivity contribution in [3.8, 4) is 0 Å². The fraction of sp³-hybridized carbons (Fsp3) is 0.385. The second kappa shape index (κ2) is 5.08. The highest BCUT2D eigenvalue weighted by Gasteiger charge is 2.26. The standard InChI is InChI=1S/C13H16N2O3/c1-8(13(17)18)15-12(16)10-6-9-4-2-3-5-11(9)14-7-10/h2-5,8,10,14H,6-7H2,1H3,(H,15,16)(H,17,18)/t8-,10?/m1/s1. The molecule has 1 heterocycles. The molecular formula is C13H16N2O3. The van der Waals surface area contributed by atoms with Crippen LogP contribution in [0, 0.1) is 5.92 Å². The molecule has 0 radical (unpaired) electrons. The van der Waals surface area contributed by atoms with Gasteiger partial charge in [0.15, 0.2) is 0 Å². The van der Waals surface area contributed by atoms with E-state index in [0.29, 0.717) is 13.0 Å². The van der Waals surface area contributed by atoms with Gasteiger partial charge in [-0.2, -0.15) is 0 Å². The molecule has 0 saturated heterocycles. The summed E-state index contributed by atoms with van der Waals surface area (Å²) in [6.45, 7) is 2.00. The number of para-hydroxylation sites is 1. The molecule has 0 bridgehead atoms. The topological polar surface area (TPSA) is 78.4 Å². The van der Waals surface area contributed by atoms with Crippen LogP contribution >= 0.6 is 0 Å². The number of anilines is 1. The third kappa shape index (κ3) is 2.61. The lowest BCUT2D eigenvalue weighted by atomic mass is 9.93. The maximum absolute atomic E-state index is 11.9. The van der Waals surface area contributed by atoms with Crippen LogP contribution < -0.4 is 10.6 Å². The quantitative estimate of drug-likeness (QED) is 0.741. The summed E-state index contributed by atoms with van der Waals surface area (Å²) in [7, 11) is 0. The van der Waals surface area contributed by atoms with Gasteiger partial charge in [-0.15, -0.1) is 0 Å². The SMILES string of the molecule is C[C@@H](NC(=O)C1CNc2ccccc2C1)C(=O)O. The third-order valence-corrected chi connectivity index (χ3v) is 3.12. The minimum Gasteiger partial charge on any atom is -0.480 e. The van der Waals surface area contributed by atoms with Crippen LogP contribution in [0.2, 0.25) is 0 Å². The molecule has 0 aromatic heterocycles. The van der Waals surface area contributed by atoms with Gasteiger partial charge in [-0.25, -0.2) is 0 Å². The minimum absolute atomic E-state index is 0.216. The second-order valence-corrected chi connectivity index (χ2v) is 4.51. The molecule has 0 saturated carbocycles. The van der Waals surface area contributed by atoms with Gasteiger partial charge in [0.1, 0.15) is 6.04 Å². The first-order valence-electron chi connectivity index (χ1n) is 5.93. The minimum atomic E-state index is -1.02. The fourth-order valence-corrected chi connectivity index (χ4v) is 2.02. The first-order valence-corrected chi connectivity index (χ1v) is 5.93. The Kier molecular flexibility index (Phi) is 3.50. The number of amides is 1. The van der Waals surface area contributed by atoms with Crippen molar-refractivity contribution in [2.24, 2.45) is 5.92 Å². The van der Waals surface area contributed by atoms with E-state index < -0.39 is 12.0 Å². The first-order chi connectivity index (χ1) is 8.58. The number of hydrogen-bond acceptors (Lipinski definition) is 3. The smallest absolute Gasteiger partial charge is 0.325 e. The van der Waals surface area contributed by atoms with Gasteiger partial charge in [-0.3, -0.25) is 9.59 Å². The molecule has 5 heteroatoms. The number of carboxylic acid groups (broad SMARTS) is 1. The Morgan fingerprint density at radius 2 is 2.17 bits per heavy atom. The number of carbonyl (C=O) groups is 2. The highest BCUT2D eigenvalue weighted by molar-refractivity contribution is 5.85. The second-order valence-electron chi connectivity index (χ2n) is 4.51. The average Bonchev–Trinajstić information content (AvgIpc) is 2.37. The Bertz CT molecular complexity index is 473. The zero-order chi connectivity index (χ0) is 13.1. The number of nitrogens with one attached hydrogen (secondary N) is 2. The maximum Gasteiger partial charge on any atom is 0.325 e. The number of carboxylic acids is 1. The van der Waals surface area contributed by atoms with E-state index in [2.05, 4.69) is 10.6 Å². The summed E-state index contributed by atoms with van der Waals surface area (Å²) >= 11 is 0. The van der Waals surface area contributed by atoms with Crippen molar-refractivity contribution in [1.82, 2.24) is 5.32 Å². The Hall–Kier alpha value is -2.04. The van der Waals surface area contributed by atoms with Gasteiger partial charge in [-0.05, 0) is 25.0 Å². The predicted molar refractivity (Wildman–Crippen MR) is 67.4 cm³/mol. The van der Waals surface area contributed by atoms with Crippen LogP contribution in [0.4, 0.5) is 5.69 Å². The number of benzene rings is 1. The summed E-state index contributed by atoms with van der Waals surface area (Å²) in [6, 6.07) is 6.97. The molecule has 18 heavy (non-hydrogen) atoms. The zero-order valence-corrected chi connectivity index (χ0v) is 10.1. The van der Waals surface area contributed by atoms with E-state index in [9.17, 15) is 9.59 Å². The van der Waals surface area contributed by atoms with Gasteiger partial charge in [0.2, 0.25) is 5.91 Å². The van der Waals surface area contributed by atoms with E-state index in [1.54, 1.807) is 0 Å². The summed E-state index contributed by atoms with van der Waals surface area (Å²) in [5, 5.41) is 14.4. The van der Waals surface area contributed by atoms with Crippen molar-refractivity contribution in [1.29, 1.82) is 0 Å². The number of aliphatic carboxylic acids is 1. The molecule has 96 valence electrons. The van der Waals surface area contributed by atoms with E-state index in [1.165, 1.54) is 6.92 Å². The van der Waals surface area contributed by atoms with Crippen molar-refractivity contribution in [2.75, 3.05) is 11.9 Å². The number of fused-ring (bicyclic) bond motifs is 1. The van der Waals surface area contributed by atoms with E-state index >= 15 is 0 Å². The van der Waals surface area contributed by atoms with E-state index in [-0.39, 0.29) is 11.8 Å². The van der Waals surface area contributed by atoms with Gasteiger partial charge >= 0.3 is 5.97 Å². The molecule has 0 spiro atoms. The molecular weight excluding hydrogens is 232 g/mol. The molecule has 5 nitrogen and oxygen atoms in total. The molecule has 1 aromatic rings. The Balaban J connectivity index is 2.00. The van der Waals surface area contributed by atoms with Crippen LogP contribution in [0.15, 0.2) is 24.3 Å². The van der Waals surface area contributed by atoms with Crippen LogP contribution in [0.3, 0.4) is 0 Å². The lowest BCUT2D eigenvalue weighted by Crippen LogP contribution is -2.45. The summed E-state index contributed by atoms with van der Waals surface area (Å²) in [5.74, 6) is -1.46. The van der Waals surface area contributed by atoms with Gasteiger partial charge in [0, 0.05) is 12.2 Å². The van der Waals surface area contributed by atoms with Crippen molar-refractivity contribution < 1.29 is 14.7 Å². The van der Waals surface area contributed by atoms with E-state index in [1.807, 2.05) is 24.3 Å². The van der Waals surface area contributed by atoms with Crippen LogP contribution in [0.25, 0.3) is 0 Å². The molecule has 1 aliphatic rings. The monoisotopic (exact) mass is 248 g/mol. The molecule has 3 N–H and O–H groups in total. The Morgan fingerprint density at radius 3 is 2.89 bits per heavy atom. The molecule has 1 aliphatic heterocycles. The van der Waals surface area contributed by atoms with Gasteiger partial charge in [-0.1, -0.05) is 18.2 Å². The summed E-state index contributed by atoms with van der Waals surface area (Å²) in [6.07, 6.45) is 0.640. The summed E-state index contributed by atoms with van der Waals surface area (Å²) in [5.41, 5.74) is 2.14. The number of hydrogen-bond donors (Lipinski definition) is 3. The molecule has 0 fully saturated rings. The lowest BCUT2D eigenvalue weighted by Gasteiger charge is -2.26. The highest BCUT2D eigenvalue weighted by atomic mass is 16.4. The average molecular weight is 248 g/mol. The fourth-order valence-electron chi connectivity index (χ4n) is 2.02. The van der Waals surface area contributed by atoms with Crippen molar-refractivity contribution >= 4 is 17.6 Å². The van der Waals surface area contributed by atoms with Crippen LogP contribution in [-0.2, 0) is 16.0 Å². The van der Waals surface area contributed by atoms with Gasteiger partial charge < -0.3 is 15.7 Å². The Morgan fingerprint density at radius 1 is 1.44 bits per heavy atom. The highest BCUT2D eigenvalue weighted by Crippen LogP contribution is 2.24. The molecule has 1 aromatic carbocycles. The number of carbonyl (C=O) groups excluding carboxylic acids is 1. The van der Waals surface area contributed by atoms with Crippen molar-refractivity contribution in [3.63, 3.8) is 0 Å². The summed E-state index contributed by atoms with van der Waals surface area (Å²) < 4.78 is 0. The normalized spacial score (nSPS) is 19.3. The zero-order valence-electron chi connectivity index (χ0n) is 10.1. The largest absolute Gasteiger partial charge is 0.480 e. The maximum atomic E-state index is 11.9.